The van der Waals surface area contributed by atoms with E-state index in [2.05, 4.69) is 18.7 Å². The third kappa shape index (κ3) is 1.50. The molecule has 10 heavy (non-hydrogen) atoms. The quantitative estimate of drug-likeness (QED) is 0.577. The highest BCUT2D eigenvalue weighted by atomic mass is 14.6. The van der Waals surface area contributed by atoms with Crippen LogP contribution in [0.1, 0.15) is 19.3 Å². The van der Waals surface area contributed by atoms with Crippen LogP contribution < -0.4 is 5.73 Å². The zero-order valence-electron chi connectivity index (χ0n) is 6.14. The molecular formula is C9H13N. The molecule has 1 rings (SSSR count). The van der Waals surface area contributed by atoms with Crippen LogP contribution in [0.25, 0.3) is 0 Å². The normalized spacial score (nSPS) is 17.6. The fourth-order valence-corrected chi connectivity index (χ4v) is 1.09. The molecule has 1 heteroatoms. The summed E-state index contributed by atoms with van der Waals surface area (Å²) in [6.45, 7) is 3.67. The van der Waals surface area contributed by atoms with Crippen LogP contribution in [-0.2, 0) is 0 Å². The van der Waals surface area contributed by atoms with Crippen molar-refractivity contribution in [2.24, 2.45) is 5.73 Å². The average molecular weight is 135 g/mol. The first-order valence-corrected chi connectivity index (χ1v) is 3.59. The van der Waals surface area contributed by atoms with Crippen LogP contribution in [0.4, 0.5) is 0 Å². The topological polar surface area (TPSA) is 26.0 Å². The maximum Gasteiger partial charge on any atom is 0.0119 e. The summed E-state index contributed by atoms with van der Waals surface area (Å²) in [4.78, 5) is 0. The van der Waals surface area contributed by atoms with E-state index in [9.17, 15) is 0 Å². The third-order valence-electron chi connectivity index (χ3n) is 1.68. The maximum absolute atomic E-state index is 5.75. The zero-order chi connectivity index (χ0) is 7.40. The van der Waals surface area contributed by atoms with Crippen molar-refractivity contribution < 1.29 is 0 Å². The number of rotatable bonds is 2. The van der Waals surface area contributed by atoms with Crippen molar-refractivity contribution in [3.8, 4) is 0 Å². The van der Waals surface area contributed by atoms with Crippen molar-refractivity contribution in [3.63, 3.8) is 0 Å². The number of hydrogen-bond donors (Lipinski definition) is 1. The Balaban J connectivity index is 2.69. The molecule has 0 aromatic carbocycles. The molecule has 0 saturated heterocycles. The number of allylic oxidation sites excluding steroid dienone is 5. The molecule has 0 radical (unpaired) electrons. The minimum absolute atomic E-state index is 0.905. The van der Waals surface area contributed by atoms with Crippen LogP contribution in [0.2, 0.25) is 0 Å². The van der Waals surface area contributed by atoms with E-state index in [1.54, 1.807) is 0 Å². The van der Waals surface area contributed by atoms with E-state index in [4.69, 9.17) is 5.73 Å². The van der Waals surface area contributed by atoms with Crippen LogP contribution >= 0.6 is 0 Å². The molecule has 0 bridgehead atoms. The van der Waals surface area contributed by atoms with E-state index in [1.807, 2.05) is 6.08 Å². The minimum atomic E-state index is 0.905. The molecule has 0 fully saturated rings. The van der Waals surface area contributed by atoms with Gasteiger partial charge in [-0.2, -0.15) is 0 Å². The molecule has 0 aromatic heterocycles. The second kappa shape index (κ2) is 3.25. The molecule has 0 atom stereocenters. The van der Waals surface area contributed by atoms with E-state index in [-0.39, 0.29) is 0 Å². The van der Waals surface area contributed by atoms with Crippen molar-refractivity contribution in [3.05, 3.63) is 36.1 Å². The molecule has 1 aliphatic carbocycles. The molecule has 54 valence electrons. The Morgan fingerprint density at radius 1 is 1.70 bits per heavy atom. The SMILES string of the molecule is C=CCC1=C(N)CCC=C1. The second-order valence-electron chi connectivity index (χ2n) is 2.48. The summed E-state index contributed by atoms with van der Waals surface area (Å²) < 4.78 is 0. The Morgan fingerprint density at radius 3 is 3.10 bits per heavy atom. The average Bonchev–Trinajstić information content (AvgIpc) is 1.94. The molecular weight excluding hydrogens is 122 g/mol. The lowest BCUT2D eigenvalue weighted by Crippen LogP contribution is -2.03. The van der Waals surface area contributed by atoms with Gasteiger partial charge >= 0.3 is 0 Å². The highest BCUT2D eigenvalue weighted by Gasteiger charge is 2.01. The highest BCUT2D eigenvalue weighted by molar-refractivity contribution is 5.29. The summed E-state index contributed by atoms with van der Waals surface area (Å²) in [6, 6.07) is 0. The lowest BCUT2D eigenvalue weighted by atomic mass is 10.0. The van der Waals surface area contributed by atoms with Gasteiger partial charge < -0.3 is 5.73 Å². The second-order valence-corrected chi connectivity index (χ2v) is 2.48. The van der Waals surface area contributed by atoms with E-state index >= 15 is 0 Å². The Morgan fingerprint density at radius 2 is 2.50 bits per heavy atom. The van der Waals surface area contributed by atoms with Gasteiger partial charge in [-0.1, -0.05) is 18.2 Å². The van der Waals surface area contributed by atoms with Gasteiger partial charge in [0.1, 0.15) is 0 Å². The molecule has 1 nitrogen and oxygen atoms in total. The smallest absolute Gasteiger partial charge is 0.0119 e. The Bertz CT molecular complexity index is 187. The molecule has 1 aliphatic rings. The summed E-state index contributed by atoms with van der Waals surface area (Å²) in [5.74, 6) is 0. The predicted molar refractivity (Wildman–Crippen MR) is 44.4 cm³/mol. The standard InChI is InChI=1S/C9H13N/c1-2-5-8-6-3-4-7-9(8)10/h2-3,6H,1,4-5,7,10H2. The van der Waals surface area contributed by atoms with Gasteiger partial charge in [-0.25, -0.2) is 0 Å². The van der Waals surface area contributed by atoms with Crippen LogP contribution in [0, 0.1) is 0 Å². The van der Waals surface area contributed by atoms with E-state index in [0.717, 1.165) is 25.0 Å². The van der Waals surface area contributed by atoms with E-state index in [0.29, 0.717) is 0 Å². The molecule has 0 unspecified atom stereocenters. The summed E-state index contributed by atoms with van der Waals surface area (Å²) in [5, 5.41) is 0. The maximum atomic E-state index is 5.75. The Kier molecular flexibility index (Phi) is 2.32. The van der Waals surface area contributed by atoms with Gasteiger partial charge in [0.2, 0.25) is 0 Å². The molecule has 0 saturated carbocycles. The van der Waals surface area contributed by atoms with Gasteiger partial charge in [-0.05, 0) is 24.8 Å². The minimum Gasteiger partial charge on any atom is -0.402 e. The molecule has 0 aromatic rings. The first-order valence-electron chi connectivity index (χ1n) is 3.59. The molecule has 2 N–H and O–H groups in total. The Hall–Kier alpha value is -0.980. The molecule has 0 aliphatic heterocycles. The third-order valence-corrected chi connectivity index (χ3v) is 1.68. The van der Waals surface area contributed by atoms with Crippen molar-refractivity contribution in [1.82, 2.24) is 0 Å². The lowest BCUT2D eigenvalue weighted by molar-refractivity contribution is 0.909. The van der Waals surface area contributed by atoms with Crippen LogP contribution in [-0.4, -0.2) is 0 Å². The summed E-state index contributed by atoms with van der Waals surface area (Å²) in [5.41, 5.74) is 8.01. The predicted octanol–water partition coefficient (Wildman–Crippen LogP) is 2.13. The van der Waals surface area contributed by atoms with Gasteiger partial charge in [-0.3, -0.25) is 0 Å². The van der Waals surface area contributed by atoms with Gasteiger partial charge in [0.05, 0.1) is 0 Å². The molecule has 0 amide bonds. The fourth-order valence-electron chi connectivity index (χ4n) is 1.09. The Labute approximate surface area is 61.9 Å². The van der Waals surface area contributed by atoms with Crippen LogP contribution in [0.3, 0.4) is 0 Å². The van der Waals surface area contributed by atoms with Crippen molar-refractivity contribution >= 4 is 0 Å². The summed E-state index contributed by atoms with van der Waals surface area (Å²) in [7, 11) is 0. The zero-order valence-corrected chi connectivity index (χ0v) is 6.14. The van der Waals surface area contributed by atoms with Crippen molar-refractivity contribution in [1.29, 1.82) is 0 Å². The molecule has 0 heterocycles. The van der Waals surface area contributed by atoms with Gasteiger partial charge in [-0.15, -0.1) is 6.58 Å². The fraction of sp³-hybridized carbons (Fsp3) is 0.333. The van der Waals surface area contributed by atoms with E-state index in [1.165, 1.54) is 5.57 Å². The molecule has 0 spiro atoms. The van der Waals surface area contributed by atoms with Crippen molar-refractivity contribution in [2.75, 3.05) is 0 Å². The monoisotopic (exact) mass is 135 g/mol. The van der Waals surface area contributed by atoms with Crippen molar-refractivity contribution in [2.45, 2.75) is 19.3 Å². The first kappa shape index (κ1) is 7.13. The van der Waals surface area contributed by atoms with Crippen LogP contribution in [0.5, 0.6) is 0 Å². The van der Waals surface area contributed by atoms with Gasteiger partial charge in [0.15, 0.2) is 0 Å². The van der Waals surface area contributed by atoms with E-state index < -0.39 is 0 Å². The lowest BCUT2D eigenvalue weighted by Gasteiger charge is -2.09. The highest BCUT2D eigenvalue weighted by Crippen LogP contribution is 2.17. The first-order chi connectivity index (χ1) is 4.84. The number of nitrogens with two attached hydrogens (primary N) is 1. The summed E-state index contributed by atoms with van der Waals surface area (Å²) >= 11 is 0. The summed E-state index contributed by atoms with van der Waals surface area (Å²) in [6.07, 6.45) is 9.15. The van der Waals surface area contributed by atoms with Gasteiger partial charge in [0.25, 0.3) is 0 Å². The largest absolute Gasteiger partial charge is 0.402 e. The van der Waals surface area contributed by atoms with Gasteiger partial charge in [0, 0.05) is 5.70 Å². The number of hydrogen-bond acceptors (Lipinski definition) is 1. The van der Waals surface area contributed by atoms with Crippen LogP contribution in [0.15, 0.2) is 36.1 Å².